The van der Waals surface area contributed by atoms with Gasteiger partial charge in [-0.2, -0.15) is 0 Å². The number of carbonyl (C=O) groups excluding carboxylic acids is 2. The van der Waals surface area contributed by atoms with Gasteiger partial charge in [-0.3, -0.25) is 9.59 Å². The molecular weight excluding hydrogens is 444 g/mol. The molecule has 180 valence electrons. The third-order valence-electron chi connectivity index (χ3n) is 6.79. The Bertz CT molecular complexity index is 1130. The summed E-state index contributed by atoms with van der Waals surface area (Å²) in [5.41, 5.74) is 3.02. The van der Waals surface area contributed by atoms with E-state index < -0.39 is 0 Å². The van der Waals surface area contributed by atoms with Crippen molar-refractivity contribution in [3.8, 4) is 0 Å². The molecule has 2 aromatic carbocycles. The van der Waals surface area contributed by atoms with E-state index >= 15 is 0 Å². The molecule has 0 radical (unpaired) electrons. The number of thiophene rings is 1. The van der Waals surface area contributed by atoms with Gasteiger partial charge in [-0.25, -0.2) is 0 Å². The topological polar surface area (TPSA) is 58.6 Å². The molecule has 34 heavy (non-hydrogen) atoms. The van der Waals surface area contributed by atoms with E-state index in [1.54, 1.807) is 18.9 Å². The number of carbonyl (C=O) groups is 2. The first-order valence-electron chi connectivity index (χ1n) is 12.2. The molecule has 1 N–H and O–H groups in total. The Labute approximate surface area is 206 Å². The normalized spacial score (nSPS) is 14.8. The van der Waals surface area contributed by atoms with Crippen LogP contribution in [0.25, 0.3) is 10.1 Å². The van der Waals surface area contributed by atoms with E-state index in [2.05, 4.69) is 36.5 Å². The lowest BCUT2D eigenvalue weighted by molar-refractivity contribution is -0.143. The van der Waals surface area contributed by atoms with Gasteiger partial charge in [-0.1, -0.05) is 31.0 Å². The number of nitrogens with one attached hydrogen (secondary N) is 1. The second kappa shape index (κ2) is 11.0. The highest BCUT2D eigenvalue weighted by Crippen LogP contribution is 2.44. The van der Waals surface area contributed by atoms with Gasteiger partial charge in [-0.15, -0.1) is 11.3 Å². The molecule has 0 bridgehead atoms. The van der Waals surface area contributed by atoms with Crippen LogP contribution in [0.1, 0.15) is 65.9 Å². The summed E-state index contributed by atoms with van der Waals surface area (Å²) in [6.07, 6.45) is 5.27. The predicted octanol–water partition coefficient (Wildman–Crippen LogP) is 6.58. The van der Waals surface area contributed by atoms with E-state index in [0.717, 1.165) is 5.69 Å². The molecule has 0 spiro atoms. The highest BCUT2D eigenvalue weighted by Gasteiger charge is 2.29. The molecule has 1 heterocycles. The van der Waals surface area contributed by atoms with E-state index in [4.69, 9.17) is 4.74 Å². The molecule has 5 nitrogen and oxygen atoms in total. The molecule has 1 unspecified atom stereocenters. The second-order valence-corrected chi connectivity index (χ2v) is 10.2. The van der Waals surface area contributed by atoms with Crippen LogP contribution in [0.4, 0.5) is 5.69 Å². The standard InChI is InChI=1S/C28H34N2O3S/c1-4-33-25(31)17-18-30(3)28(32)21-13-15-22(16-14-21)29-26(20-9-5-6-10-20)27-19(2)23-11-7-8-12-24(23)34-27/h7-8,11-16,20,26,29H,4-6,9-10,17-18H2,1-3H3. The Morgan fingerprint density at radius 2 is 1.82 bits per heavy atom. The monoisotopic (exact) mass is 478 g/mol. The summed E-state index contributed by atoms with van der Waals surface area (Å²) >= 11 is 1.90. The fourth-order valence-corrected chi connectivity index (χ4v) is 6.24. The minimum atomic E-state index is -0.281. The minimum Gasteiger partial charge on any atom is -0.466 e. The first kappa shape index (κ1) is 24.3. The van der Waals surface area contributed by atoms with Crippen molar-refractivity contribution in [3.05, 3.63) is 64.5 Å². The van der Waals surface area contributed by atoms with Crippen LogP contribution in [-0.2, 0) is 9.53 Å². The summed E-state index contributed by atoms with van der Waals surface area (Å²) in [5.74, 6) is 0.238. The van der Waals surface area contributed by atoms with Crippen LogP contribution >= 0.6 is 11.3 Å². The van der Waals surface area contributed by atoms with Crippen LogP contribution in [0.5, 0.6) is 0 Å². The Morgan fingerprint density at radius 3 is 2.50 bits per heavy atom. The van der Waals surface area contributed by atoms with Crippen molar-refractivity contribution >= 4 is 39.0 Å². The molecule has 4 rings (SSSR count). The molecule has 0 saturated heterocycles. The van der Waals surface area contributed by atoms with Crippen LogP contribution in [0.15, 0.2) is 48.5 Å². The van der Waals surface area contributed by atoms with Gasteiger partial charge in [0.25, 0.3) is 5.91 Å². The number of hydrogen-bond donors (Lipinski definition) is 1. The number of fused-ring (bicyclic) bond motifs is 1. The zero-order chi connectivity index (χ0) is 24.1. The van der Waals surface area contributed by atoms with E-state index in [9.17, 15) is 9.59 Å². The third kappa shape index (κ3) is 5.44. The van der Waals surface area contributed by atoms with Crippen molar-refractivity contribution < 1.29 is 14.3 Å². The number of aryl methyl sites for hydroxylation is 1. The van der Waals surface area contributed by atoms with Gasteiger partial charge in [0, 0.05) is 34.4 Å². The maximum absolute atomic E-state index is 12.8. The van der Waals surface area contributed by atoms with Gasteiger partial charge in [0.05, 0.1) is 19.1 Å². The first-order chi connectivity index (χ1) is 16.5. The highest BCUT2D eigenvalue weighted by molar-refractivity contribution is 7.19. The lowest BCUT2D eigenvalue weighted by atomic mass is 9.94. The molecule has 1 saturated carbocycles. The number of rotatable bonds is 9. The van der Waals surface area contributed by atoms with E-state index in [1.165, 1.54) is 46.2 Å². The summed E-state index contributed by atoms with van der Waals surface area (Å²) in [6, 6.07) is 16.7. The van der Waals surface area contributed by atoms with Crippen LogP contribution in [0.3, 0.4) is 0 Å². The quantitative estimate of drug-likeness (QED) is 0.353. The van der Waals surface area contributed by atoms with Crippen LogP contribution in [0, 0.1) is 12.8 Å². The molecule has 1 atom stereocenters. The van der Waals surface area contributed by atoms with Crippen molar-refractivity contribution in [1.82, 2.24) is 4.90 Å². The van der Waals surface area contributed by atoms with Crippen molar-refractivity contribution in [1.29, 1.82) is 0 Å². The molecule has 3 aromatic rings. The maximum atomic E-state index is 12.8. The van der Waals surface area contributed by atoms with Gasteiger partial charge in [0.1, 0.15) is 0 Å². The van der Waals surface area contributed by atoms with Crippen molar-refractivity contribution in [2.24, 2.45) is 5.92 Å². The van der Waals surface area contributed by atoms with Crippen LogP contribution in [-0.4, -0.2) is 37.0 Å². The molecule has 1 fully saturated rings. The van der Waals surface area contributed by atoms with Gasteiger partial charge in [-0.05, 0) is 73.9 Å². The average Bonchev–Trinajstić information content (AvgIpc) is 3.50. The zero-order valence-electron chi connectivity index (χ0n) is 20.3. The van der Waals surface area contributed by atoms with Gasteiger partial charge < -0.3 is 15.0 Å². The fraction of sp³-hybridized carbons (Fsp3) is 0.429. The summed E-state index contributed by atoms with van der Waals surface area (Å²) in [4.78, 5) is 27.4. The van der Waals surface area contributed by atoms with Crippen LogP contribution < -0.4 is 5.32 Å². The molecular formula is C28H34N2O3S. The lowest BCUT2D eigenvalue weighted by Crippen LogP contribution is -2.29. The SMILES string of the molecule is CCOC(=O)CCN(C)C(=O)c1ccc(NC(c2sc3ccccc3c2C)C2CCCC2)cc1. The molecule has 0 aliphatic heterocycles. The van der Waals surface area contributed by atoms with Crippen molar-refractivity contribution in [3.63, 3.8) is 0 Å². The predicted molar refractivity (Wildman–Crippen MR) is 140 cm³/mol. The maximum Gasteiger partial charge on any atom is 0.307 e. The van der Waals surface area contributed by atoms with Gasteiger partial charge in [0.15, 0.2) is 0 Å². The Morgan fingerprint density at radius 1 is 1.12 bits per heavy atom. The lowest BCUT2D eigenvalue weighted by Gasteiger charge is -2.26. The van der Waals surface area contributed by atoms with Gasteiger partial charge >= 0.3 is 5.97 Å². The molecule has 1 aliphatic carbocycles. The summed E-state index contributed by atoms with van der Waals surface area (Å²) in [6.45, 7) is 4.72. The zero-order valence-corrected chi connectivity index (χ0v) is 21.1. The highest BCUT2D eigenvalue weighted by atomic mass is 32.1. The van der Waals surface area contributed by atoms with E-state index in [1.807, 2.05) is 35.6 Å². The Hall–Kier alpha value is -2.86. The Balaban J connectivity index is 1.49. The fourth-order valence-electron chi connectivity index (χ4n) is 4.88. The largest absolute Gasteiger partial charge is 0.466 e. The second-order valence-electron chi connectivity index (χ2n) is 9.11. The summed E-state index contributed by atoms with van der Waals surface area (Å²) < 4.78 is 6.29. The number of ether oxygens (including phenoxy) is 1. The van der Waals surface area contributed by atoms with E-state index in [-0.39, 0.29) is 24.3 Å². The minimum absolute atomic E-state index is 0.0939. The Kier molecular flexibility index (Phi) is 7.88. The molecule has 1 amide bonds. The molecule has 1 aliphatic rings. The third-order valence-corrected chi connectivity index (χ3v) is 8.15. The molecule has 1 aromatic heterocycles. The van der Waals surface area contributed by atoms with Crippen molar-refractivity contribution in [2.45, 2.75) is 52.0 Å². The van der Waals surface area contributed by atoms with Gasteiger partial charge in [0.2, 0.25) is 0 Å². The average molecular weight is 479 g/mol. The number of esters is 1. The summed E-state index contributed by atoms with van der Waals surface area (Å²) in [7, 11) is 1.72. The molecule has 6 heteroatoms. The number of anilines is 1. The summed E-state index contributed by atoms with van der Waals surface area (Å²) in [5, 5.41) is 5.16. The number of nitrogens with zero attached hydrogens (tertiary/aromatic N) is 1. The smallest absolute Gasteiger partial charge is 0.307 e. The number of hydrogen-bond acceptors (Lipinski definition) is 5. The van der Waals surface area contributed by atoms with E-state index in [0.29, 0.717) is 24.6 Å². The number of benzene rings is 2. The van der Waals surface area contributed by atoms with Crippen LogP contribution in [0.2, 0.25) is 0 Å². The van der Waals surface area contributed by atoms with Crippen molar-refractivity contribution in [2.75, 3.05) is 25.5 Å². The number of amides is 1. The first-order valence-corrected chi connectivity index (χ1v) is 13.0.